The van der Waals surface area contributed by atoms with Gasteiger partial charge in [-0.2, -0.15) is 0 Å². The minimum atomic E-state index is -0.0893. The summed E-state index contributed by atoms with van der Waals surface area (Å²) < 4.78 is 7.97. The lowest BCUT2D eigenvalue weighted by molar-refractivity contribution is 0.00654. The summed E-state index contributed by atoms with van der Waals surface area (Å²) in [6.07, 6.45) is 7.63. The predicted octanol–water partition coefficient (Wildman–Crippen LogP) is 2.10. The zero-order valence-electron chi connectivity index (χ0n) is 11.0. The van der Waals surface area contributed by atoms with Gasteiger partial charge in [0.05, 0.1) is 30.4 Å². The van der Waals surface area contributed by atoms with Gasteiger partial charge in [-0.25, -0.2) is 9.97 Å². The molecule has 1 aliphatic rings. The number of nitrogens with two attached hydrogens (primary N) is 1. The Labute approximate surface area is 112 Å². The van der Waals surface area contributed by atoms with Crippen molar-refractivity contribution < 1.29 is 4.74 Å². The van der Waals surface area contributed by atoms with Crippen LogP contribution in [0.25, 0.3) is 11.3 Å². The Balaban J connectivity index is 1.90. The fraction of sp³-hybridized carbons (Fsp3) is 0.429. The molecule has 2 aromatic heterocycles. The highest BCUT2D eigenvalue weighted by molar-refractivity contribution is 5.61. The van der Waals surface area contributed by atoms with Crippen LogP contribution in [0.1, 0.15) is 19.8 Å². The van der Waals surface area contributed by atoms with E-state index in [1.165, 1.54) is 0 Å². The zero-order chi connectivity index (χ0) is 13.3. The molecular weight excluding hydrogens is 240 g/mol. The van der Waals surface area contributed by atoms with E-state index in [9.17, 15) is 0 Å². The summed E-state index contributed by atoms with van der Waals surface area (Å²) in [6, 6.07) is 3.81. The van der Waals surface area contributed by atoms with E-state index < -0.39 is 0 Å². The Hall–Kier alpha value is -1.88. The fourth-order valence-electron chi connectivity index (χ4n) is 2.62. The second-order valence-electron chi connectivity index (χ2n) is 5.28. The third-order valence-electron chi connectivity index (χ3n) is 3.59. The molecule has 1 aliphatic heterocycles. The van der Waals surface area contributed by atoms with Crippen molar-refractivity contribution in [1.82, 2.24) is 14.5 Å². The Bertz CT molecular complexity index is 572. The number of nitrogens with zero attached hydrogens (tertiary/aromatic N) is 3. The monoisotopic (exact) mass is 258 g/mol. The number of rotatable bonds is 3. The molecule has 0 spiro atoms. The fourth-order valence-corrected chi connectivity index (χ4v) is 2.62. The minimum Gasteiger partial charge on any atom is -0.384 e. The Morgan fingerprint density at radius 1 is 1.53 bits per heavy atom. The normalized spacial score (nSPS) is 22.8. The third kappa shape index (κ3) is 2.46. The lowest BCUT2D eigenvalue weighted by Gasteiger charge is -2.24. The van der Waals surface area contributed by atoms with Crippen LogP contribution in [0.3, 0.4) is 0 Å². The van der Waals surface area contributed by atoms with Crippen LogP contribution in [0.2, 0.25) is 0 Å². The van der Waals surface area contributed by atoms with E-state index in [4.69, 9.17) is 10.5 Å². The van der Waals surface area contributed by atoms with E-state index in [-0.39, 0.29) is 5.60 Å². The minimum absolute atomic E-state index is 0.0893. The molecule has 2 N–H and O–H groups in total. The smallest absolute Gasteiger partial charge is 0.123 e. The van der Waals surface area contributed by atoms with Crippen molar-refractivity contribution in [3.8, 4) is 11.3 Å². The number of anilines is 1. The summed E-state index contributed by atoms with van der Waals surface area (Å²) in [5, 5.41) is 0. The first-order valence-electron chi connectivity index (χ1n) is 6.52. The predicted molar refractivity (Wildman–Crippen MR) is 73.5 cm³/mol. The summed E-state index contributed by atoms with van der Waals surface area (Å²) in [6.45, 7) is 3.82. The number of hydrogen-bond acceptors (Lipinski definition) is 4. The lowest BCUT2D eigenvalue weighted by atomic mass is 10.0. The van der Waals surface area contributed by atoms with E-state index in [0.29, 0.717) is 5.82 Å². The van der Waals surface area contributed by atoms with E-state index in [2.05, 4.69) is 21.5 Å². The van der Waals surface area contributed by atoms with E-state index in [1.807, 2.05) is 24.7 Å². The molecule has 5 nitrogen and oxygen atoms in total. The van der Waals surface area contributed by atoms with E-state index in [1.54, 1.807) is 6.20 Å². The van der Waals surface area contributed by atoms with Crippen LogP contribution < -0.4 is 5.73 Å². The lowest BCUT2D eigenvalue weighted by Crippen LogP contribution is -2.29. The molecule has 0 radical (unpaired) electrons. The van der Waals surface area contributed by atoms with E-state index >= 15 is 0 Å². The van der Waals surface area contributed by atoms with Gasteiger partial charge in [0, 0.05) is 18.4 Å². The van der Waals surface area contributed by atoms with Gasteiger partial charge in [0.1, 0.15) is 5.82 Å². The molecule has 0 bridgehead atoms. The first kappa shape index (κ1) is 12.2. The van der Waals surface area contributed by atoms with Crippen molar-refractivity contribution in [2.75, 3.05) is 12.3 Å². The molecule has 1 unspecified atom stereocenters. The number of ether oxygens (including phenoxy) is 1. The summed E-state index contributed by atoms with van der Waals surface area (Å²) in [5.41, 5.74) is 7.73. The summed E-state index contributed by atoms with van der Waals surface area (Å²) in [4.78, 5) is 8.27. The van der Waals surface area contributed by atoms with Crippen molar-refractivity contribution in [3.63, 3.8) is 0 Å². The largest absolute Gasteiger partial charge is 0.384 e. The van der Waals surface area contributed by atoms with Crippen LogP contribution in [-0.4, -0.2) is 26.7 Å². The van der Waals surface area contributed by atoms with Crippen molar-refractivity contribution in [2.45, 2.75) is 31.9 Å². The highest BCUT2D eigenvalue weighted by atomic mass is 16.5. The van der Waals surface area contributed by atoms with Gasteiger partial charge in [0.15, 0.2) is 0 Å². The maximum Gasteiger partial charge on any atom is 0.123 e. The molecule has 100 valence electrons. The quantitative estimate of drug-likeness (QED) is 0.915. The summed E-state index contributed by atoms with van der Waals surface area (Å²) in [5.74, 6) is 0.522. The van der Waals surface area contributed by atoms with Crippen molar-refractivity contribution in [2.24, 2.45) is 0 Å². The molecular formula is C14H18N4O. The molecule has 19 heavy (non-hydrogen) atoms. The molecule has 2 aromatic rings. The highest BCUT2D eigenvalue weighted by Crippen LogP contribution is 2.29. The van der Waals surface area contributed by atoms with Crippen LogP contribution in [0.5, 0.6) is 0 Å². The van der Waals surface area contributed by atoms with Gasteiger partial charge in [-0.1, -0.05) is 0 Å². The summed E-state index contributed by atoms with van der Waals surface area (Å²) >= 11 is 0. The van der Waals surface area contributed by atoms with Gasteiger partial charge in [0.25, 0.3) is 0 Å². The highest BCUT2D eigenvalue weighted by Gasteiger charge is 2.30. The SMILES string of the molecule is CC1(Cn2cncc2-c2ccnc(N)c2)CCCO1. The standard InChI is InChI=1S/C14H18N4O/c1-14(4-2-6-19-14)9-18-10-16-8-12(18)11-3-5-17-13(15)7-11/h3,5,7-8,10H,2,4,6,9H2,1H3,(H2,15,17). The second kappa shape index (κ2) is 4.66. The second-order valence-corrected chi connectivity index (χ2v) is 5.28. The van der Waals surface area contributed by atoms with Gasteiger partial charge < -0.3 is 15.0 Å². The van der Waals surface area contributed by atoms with Crippen molar-refractivity contribution >= 4 is 5.82 Å². The Morgan fingerprint density at radius 3 is 3.16 bits per heavy atom. The first-order chi connectivity index (χ1) is 9.16. The average molecular weight is 258 g/mol. The van der Waals surface area contributed by atoms with Gasteiger partial charge in [-0.05, 0) is 31.9 Å². The van der Waals surface area contributed by atoms with Gasteiger partial charge in [0.2, 0.25) is 0 Å². The molecule has 0 aromatic carbocycles. The Morgan fingerprint density at radius 2 is 2.42 bits per heavy atom. The number of pyridine rings is 1. The summed E-state index contributed by atoms with van der Waals surface area (Å²) in [7, 11) is 0. The van der Waals surface area contributed by atoms with Crippen LogP contribution in [0, 0.1) is 0 Å². The molecule has 1 fully saturated rings. The van der Waals surface area contributed by atoms with Crippen LogP contribution in [-0.2, 0) is 11.3 Å². The Kier molecular flexibility index (Phi) is 2.98. The van der Waals surface area contributed by atoms with Crippen molar-refractivity contribution in [1.29, 1.82) is 0 Å². The molecule has 0 saturated carbocycles. The maximum absolute atomic E-state index is 5.84. The van der Waals surface area contributed by atoms with Crippen LogP contribution >= 0.6 is 0 Å². The number of nitrogen functional groups attached to an aromatic ring is 1. The van der Waals surface area contributed by atoms with Gasteiger partial charge >= 0.3 is 0 Å². The molecule has 3 heterocycles. The molecule has 3 rings (SSSR count). The van der Waals surface area contributed by atoms with Crippen LogP contribution in [0.15, 0.2) is 30.9 Å². The third-order valence-corrected chi connectivity index (χ3v) is 3.59. The first-order valence-corrected chi connectivity index (χ1v) is 6.52. The van der Waals surface area contributed by atoms with Crippen molar-refractivity contribution in [3.05, 3.63) is 30.9 Å². The van der Waals surface area contributed by atoms with Gasteiger partial charge in [-0.15, -0.1) is 0 Å². The molecule has 0 aliphatic carbocycles. The van der Waals surface area contributed by atoms with Crippen LogP contribution in [0.4, 0.5) is 5.82 Å². The molecule has 0 amide bonds. The van der Waals surface area contributed by atoms with Gasteiger partial charge in [-0.3, -0.25) is 0 Å². The topological polar surface area (TPSA) is 66.0 Å². The molecule has 5 heteroatoms. The number of hydrogen-bond donors (Lipinski definition) is 1. The zero-order valence-corrected chi connectivity index (χ0v) is 11.0. The average Bonchev–Trinajstić information content (AvgIpc) is 2.99. The maximum atomic E-state index is 5.84. The number of imidazole rings is 1. The number of aromatic nitrogens is 3. The molecule has 1 atom stereocenters. The van der Waals surface area contributed by atoms with E-state index in [0.717, 1.165) is 37.3 Å². The molecule has 1 saturated heterocycles.